The molecule has 0 aliphatic rings. The van der Waals surface area contributed by atoms with Gasteiger partial charge in [-0.15, -0.1) is 0 Å². The molecular formula is C13H21ClN2O2. The highest BCUT2D eigenvalue weighted by Gasteiger charge is 2.27. The van der Waals surface area contributed by atoms with E-state index in [-0.39, 0.29) is 5.91 Å². The van der Waals surface area contributed by atoms with Gasteiger partial charge in [0.2, 0.25) is 0 Å². The van der Waals surface area contributed by atoms with Crippen molar-refractivity contribution in [2.75, 3.05) is 0 Å². The fourth-order valence-electron chi connectivity index (χ4n) is 1.55. The van der Waals surface area contributed by atoms with Crippen LogP contribution in [0.2, 0.25) is 5.02 Å². The largest absolute Gasteiger partial charge is 0.391 e. The molecule has 102 valence electrons. The van der Waals surface area contributed by atoms with Crippen molar-refractivity contribution < 1.29 is 9.90 Å². The third kappa shape index (κ3) is 3.50. The zero-order valence-electron chi connectivity index (χ0n) is 11.3. The van der Waals surface area contributed by atoms with Gasteiger partial charge >= 0.3 is 0 Å². The van der Waals surface area contributed by atoms with Crippen molar-refractivity contribution in [1.82, 2.24) is 9.88 Å². The van der Waals surface area contributed by atoms with E-state index in [0.717, 1.165) is 13.0 Å². The Morgan fingerprint density at radius 3 is 2.72 bits per heavy atom. The molecule has 0 spiro atoms. The molecule has 5 heteroatoms. The lowest BCUT2D eigenvalue weighted by molar-refractivity contribution is 0.0702. The van der Waals surface area contributed by atoms with Crippen LogP contribution in [0.4, 0.5) is 0 Å². The number of carbonyl (C=O) groups is 1. The molecule has 0 aromatic carbocycles. The van der Waals surface area contributed by atoms with Crippen LogP contribution in [0, 0.1) is 0 Å². The molecule has 0 aliphatic carbocycles. The van der Waals surface area contributed by atoms with Gasteiger partial charge in [0.1, 0.15) is 5.69 Å². The van der Waals surface area contributed by atoms with Gasteiger partial charge < -0.3 is 15.0 Å². The number of aliphatic hydroxyl groups excluding tert-OH is 1. The highest BCUT2D eigenvalue weighted by Crippen LogP contribution is 2.16. The van der Waals surface area contributed by atoms with E-state index in [2.05, 4.69) is 5.32 Å². The van der Waals surface area contributed by atoms with Crippen molar-refractivity contribution >= 4 is 17.5 Å². The number of hydrogen-bond donors (Lipinski definition) is 2. The summed E-state index contributed by atoms with van der Waals surface area (Å²) in [6.45, 7) is 7.99. The topological polar surface area (TPSA) is 54.3 Å². The SMILES string of the molecule is CCCn1cc(Cl)cc1C(=O)NC(C)(C)C(C)O. The van der Waals surface area contributed by atoms with Crippen LogP contribution >= 0.6 is 11.6 Å². The number of nitrogens with zero attached hydrogens (tertiary/aromatic N) is 1. The molecule has 0 saturated heterocycles. The van der Waals surface area contributed by atoms with Gasteiger partial charge in [-0.2, -0.15) is 0 Å². The van der Waals surface area contributed by atoms with E-state index in [1.165, 1.54) is 0 Å². The normalized spacial score (nSPS) is 13.4. The van der Waals surface area contributed by atoms with Crippen molar-refractivity contribution in [3.05, 3.63) is 23.0 Å². The average molecular weight is 273 g/mol. The second kappa shape index (κ2) is 5.76. The first-order valence-electron chi connectivity index (χ1n) is 6.14. The van der Waals surface area contributed by atoms with Crippen LogP contribution in [0.3, 0.4) is 0 Å². The van der Waals surface area contributed by atoms with E-state index in [0.29, 0.717) is 10.7 Å². The minimum atomic E-state index is -0.676. The summed E-state index contributed by atoms with van der Waals surface area (Å²) in [5.41, 5.74) is -0.152. The number of amides is 1. The Labute approximate surface area is 113 Å². The monoisotopic (exact) mass is 272 g/mol. The second-order valence-electron chi connectivity index (χ2n) is 5.09. The van der Waals surface area contributed by atoms with Crippen molar-refractivity contribution in [3.8, 4) is 0 Å². The first-order chi connectivity index (χ1) is 8.27. The van der Waals surface area contributed by atoms with Crippen molar-refractivity contribution in [3.63, 3.8) is 0 Å². The van der Waals surface area contributed by atoms with Crippen molar-refractivity contribution in [2.45, 2.75) is 52.3 Å². The summed E-state index contributed by atoms with van der Waals surface area (Å²) in [6, 6.07) is 1.64. The molecular weight excluding hydrogens is 252 g/mol. The summed E-state index contributed by atoms with van der Waals surface area (Å²) >= 11 is 5.93. The van der Waals surface area contributed by atoms with E-state index >= 15 is 0 Å². The maximum Gasteiger partial charge on any atom is 0.268 e. The fourth-order valence-corrected chi connectivity index (χ4v) is 1.77. The zero-order valence-corrected chi connectivity index (χ0v) is 12.1. The highest BCUT2D eigenvalue weighted by molar-refractivity contribution is 6.31. The molecule has 0 saturated carbocycles. The minimum Gasteiger partial charge on any atom is -0.391 e. The lowest BCUT2D eigenvalue weighted by Crippen LogP contribution is -2.51. The quantitative estimate of drug-likeness (QED) is 0.865. The number of hydrogen-bond acceptors (Lipinski definition) is 2. The average Bonchev–Trinajstić information content (AvgIpc) is 2.59. The highest BCUT2D eigenvalue weighted by atomic mass is 35.5. The predicted octanol–water partition coefficient (Wildman–Crippen LogP) is 2.44. The van der Waals surface area contributed by atoms with Crippen molar-refractivity contribution in [2.24, 2.45) is 0 Å². The predicted molar refractivity (Wildman–Crippen MR) is 73.0 cm³/mol. The molecule has 18 heavy (non-hydrogen) atoms. The van der Waals surface area contributed by atoms with Gasteiger partial charge in [0.15, 0.2) is 0 Å². The molecule has 1 rings (SSSR count). The summed E-state index contributed by atoms with van der Waals surface area (Å²) in [5, 5.41) is 13.0. The van der Waals surface area contributed by atoms with Gasteiger partial charge in [-0.25, -0.2) is 0 Å². The maximum absolute atomic E-state index is 12.2. The fraction of sp³-hybridized carbons (Fsp3) is 0.615. The van der Waals surface area contributed by atoms with Crippen LogP contribution in [0.15, 0.2) is 12.3 Å². The molecule has 0 bridgehead atoms. The Morgan fingerprint density at radius 2 is 2.22 bits per heavy atom. The van der Waals surface area contributed by atoms with Crippen molar-refractivity contribution in [1.29, 1.82) is 0 Å². The molecule has 1 heterocycles. The van der Waals surface area contributed by atoms with E-state index in [1.807, 2.05) is 11.5 Å². The first-order valence-corrected chi connectivity index (χ1v) is 6.52. The lowest BCUT2D eigenvalue weighted by Gasteiger charge is -2.29. The summed E-state index contributed by atoms with van der Waals surface area (Å²) in [6.07, 6.45) is 2.03. The smallest absolute Gasteiger partial charge is 0.268 e. The number of aromatic nitrogens is 1. The Morgan fingerprint density at radius 1 is 1.61 bits per heavy atom. The summed E-state index contributed by atoms with van der Waals surface area (Å²) < 4.78 is 1.83. The molecule has 1 atom stereocenters. The van der Waals surface area contributed by atoms with E-state index in [4.69, 9.17) is 11.6 Å². The Hall–Kier alpha value is -1.00. The molecule has 1 unspecified atom stereocenters. The second-order valence-corrected chi connectivity index (χ2v) is 5.53. The summed E-state index contributed by atoms with van der Waals surface area (Å²) in [7, 11) is 0. The lowest BCUT2D eigenvalue weighted by atomic mass is 9.98. The molecule has 0 aliphatic heterocycles. The van der Waals surface area contributed by atoms with Crippen LogP contribution in [0.1, 0.15) is 44.6 Å². The van der Waals surface area contributed by atoms with Gasteiger partial charge in [-0.3, -0.25) is 4.79 Å². The van der Waals surface area contributed by atoms with Crippen LogP contribution in [0.25, 0.3) is 0 Å². The molecule has 2 N–H and O–H groups in total. The zero-order chi connectivity index (χ0) is 13.9. The molecule has 4 nitrogen and oxygen atoms in total. The van der Waals surface area contributed by atoms with Crippen LogP contribution in [-0.2, 0) is 6.54 Å². The number of rotatable bonds is 5. The standard InChI is InChI=1S/C13H21ClN2O2/c1-5-6-16-8-10(14)7-11(16)12(18)15-13(3,4)9(2)17/h7-9,17H,5-6H2,1-4H3,(H,15,18). The number of halogens is 1. The third-order valence-corrected chi connectivity index (χ3v) is 3.25. The van der Waals surface area contributed by atoms with Crippen LogP contribution < -0.4 is 5.32 Å². The van der Waals surface area contributed by atoms with Gasteiger partial charge in [-0.1, -0.05) is 18.5 Å². The first kappa shape index (κ1) is 15.1. The molecule has 1 aromatic heterocycles. The molecule has 1 aromatic rings. The molecule has 0 radical (unpaired) electrons. The number of carbonyl (C=O) groups excluding carboxylic acids is 1. The summed E-state index contributed by atoms with van der Waals surface area (Å²) in [5.74, 6) is -0.221. The van der Waals surface area contributed by atoms with Gasteiger partial charge in [-0.05, 0) is 33.3 Å². The van der Waals surface area contributed by atoms with E-state index < -0.39 is 11.6 Å². The van der Waals surface area contributed by atoms with Crippen LogP contribution in [0.5, 0.6) is 0 Å². The number of aliphatic hydroxyl groups is 1. The molecule has 1 amide bonds. The molecule has 0 fully saturated rings. The summed E-state index contributed by atoms with van der Waals surface area (Å²) in [4.78, 5) is 12.2. The number of aryl methyl sites for hydroxylation is 1. The van der Waals surface area contributed by atoms with E-state index in [9.17, 15) is 9.90 Å². The van der Waals surface area contributed by atoms with Crippen LogP contribution in [-0.4, -0.2) is 27.2 Å². The van der Waals surface area contributed by atoms with Gasteiger partial charge in [0, 0.05) is 12.7 Å². The Balaban J connectivity index is 2.90. The van der Waals surface area contributed by atoms with Gasteiger partial charge in [0.05, 0.1) is 16.7 Å². The third-order valence-electron chi connectivity index (χ3n) is 3.04. The number of nitrogens with one attached hydrogen (secondary N) is 1. The maximum atomic E-state index is 12.2. The van der Waals surface area contributed by atoms with E-state index in [1.54, 1.807) is 33.0 Å². The minimum absolute atomic E-state index is 0.221. The Kier molecular flexibility index (Phi) is 4.82. The Bertz CT molecular complexity index is 425. The van der Waals surface area contributed by atoms with Gasteiger partial charge in [0.25, 0.3) is 5.91 Å².